The monoisotopic (exact) mass is 445 g/mol. The molecule has 0 saturated carbocycles. The Labute approximate surface area is 178 Å². The highest BCUT2D eigenvalue weighted by Crippen LogP contribution is 2.31. The molecular weight excluding hydrogens is 428 g/mol. The van der Waals surface area contributed by atoms with E-state index in [1.54, 1.807) is 31.4 Å². The van der Waals surface area contributed by atoms with Crippen LogP contribution in [-0.2, 0) is 7.05 Å². The van der Waals surface area contributed by atoms with E-state index in [2.05, 4.69) is 9.72 Å². The zero-order valence-corrected chi connectivity index (χ0v) is 17.4. The van der Waals surface area contributed by atoms with E-state index < -0.39 is 12.2 Å². The quantitative estimate of drug-likeness (QED) is 0.451. The summed E-state index contributed by atoms with van der Waals surface area (Å²) in [7, 11) is 1.59. The summed E-state index contributed by atoms with van der Waals surface area (Å²) in [5.41, 5.74) is 0.880. The fraction of sp³-hybridized carbons (Fsp3) is 0.190. The minimum Gasteiger partial charge on any atom is -0.470 e. The number of hydrogen-bond donors (Lipinski definition) is 0. The average molecular weight is 445 g/mol. The first kappa shape index (κ1) is 20.7. The summed E-state index contributed by atoms with van der Waals surface area (Å²) in [5.74, 6) is -0.0830. The largest absolute Gasteiger partial charge is 0.470 e. The third kappa shape index (κ3) is 4.06. The van der Waals surface area contributed by atoms with Crippen LogP contribution in [0.3, 0.4) is 0 Å². The van der Waals surface area contributed by atoms with Crippen molar-refractivity contribution in [3.63, 3.8) is 0 Å². The van der Waals surface area contributed by atoms with E-state index in [4.69, 9.17) is 4.74 Å². The van der Waals surface area contributed by atoms with Crippen molar-refractivity contribution in [2.45, 2.75) is 13.5 Å². The van der Waals surface area contributed by atoms with E-state index in [1.165, 1.54) is 44.7 Å². The predicted octanol–water partition coefficient (Wildman–Crippen LogP) is 3.81. The van der Waals surface area contributed by atoms with E-state index in [9.17, 15) is 18.4 Å². The summed E-state index contributed by atoms with van der Waals surface area (Å²) in [6, 6.07) is 10.5. The fourth-order valence-electron chi connectivity index (χ4n) is 3.15. The lowest BCUT2D eigenvalue weighted by molar-refractivity contribution is -0.0498. The van der Waals surface area contributed by atoms with Crippen molar-refractivity contribution in [2.75, 3.05) is 6.61 Å². The molecule has 0 saturated heterocycles. The SMILES string of the molecule is CCOc1nc2c(cc(-c3ccc(=O)n(C)c3)c(=O)n2-c2cccc(OC(F)F)c2)s1. The molecular formula is C21H17F2N3O4S. The molecule has 31 heavy (non-hydrogen) atoms. The number of alkyl halides is 2. The Morgan fingerprint density at radius 2 is 1.97 bits per heavy atom. The van der Waals surface area contributed by atoms with Crippen molar-refractivity contribution in [3.8, 4) is 27.8 Å². The second-order valence-electron chi connectivity index (χ2n) is 6.54. The number of rotatable bonds is 6. The van der Waals surface area contributed by atoms with Crippen LogP contribution in [0, 0.1) is 0 Å². The first-order chi connectivity index (χ1) is 14.9. The second kappa shape index (κ2) is 8.31. The minimum atomic E-state index is -2.99. The third-order valence-corrected chi connectivity index (χ3v) is 5.41. The zero-order valence-electron chi connectivity index (χ0n) is 16.5. The number of nitrogens with zero attached hydrogens (tertiary/aromatic N) is 3. The van der Waals surface area contributed by atoms with Gasteiger partial charge >= 0.3 is 6.61 Å². The Balaban J connectivity index is 2.00. The Hall–Kier alpha value is -3.53. The van der Waals surface area contributed by atoms with E-state index in [1.807, 2.05) is 6.92 Å². The molecule has 1 aromatic carbocycles. The molecule has 0 radical (unpaired) electrons. The highest BCUT2D eigenvalue weighted by atomic mass is 32.1. The summed E-state index contributed by atoms with van der Waals surface area (Å²) < 4.78 is 38.7. The van der Waals surface area contributed by atoms with Gasteiger partial charge in [-0.2, -0.15) is 13.8 Å². The molecule has 3 aromatic heterocycles. The molecule has 0 unspecified atom stereocenters. The van der Waals surface area contributed by atoms with Gasteiger partial charge in [0, 0.05) is 30.9 Å². The van der Waals surface area contributed by atoms with Crippen LogP contribution in [0.4, 0.5) is 8.78 Å². The molecule has 0 aliphatic carbocycles. The van der Waals surface area contributed by atoms with Crippen LogP contribution in [0.5, 0.6) is 10.9 Å². The van der Waals surface area contributed by atoms with Gasteiger partial charge in [0.1, 0.15) is 5.75 Å². The maximum Gasteiger partial charge on any atom is 0.387 e. The standard InChI is InChI=1S/C21H17F2N3O4S/c1-3-29-21-24-18-16(31-21)10-15(12-7-8-17(27)25(2)11-12)19(28)26(18)13-5-4-6-14(9-13)30-20(22)23/h4-11,20H,3H2,1-2H3. The average Bonchev–Trinajstić information content (AvgIpc) is 3.11. The predicted molar refractivity (Wildman–Crippen MR) is 114 cm³/mol. The van der Waals surface area contributed by atoms with Gasteiger partial charge in [-0.25, -0.2) is 0 Å². The van der Waals surface area contributed by atoms with Crippen LogP contribution < -0.4 is 20.6 Å². The summed E-state index contributed by atoms with van der Waals surface area (Å²) in [4.78, 5) is 29.7. The van der Waals surface area contributed by atoms with E-state index >= 15 is 0 Å². The topological polar surface area (TPSA) is 75.4 Å². The first-order valence-corrected chi connectivity index (χ1v) is 10.1. The molecule has 0 aliphatic heterocycles. The van der Waals surface area contributed by atoms with Gasteiger partial charge in [0.2, 0.25) is 5.56 Å². The number of benzene rings is 1. The third-order valence-electron chi connectivity index (χ3n) is 4.50. The molecule has 0 amide bonds. The molecule has 0 fully saturated rings. The van der Waals surface area contributed by atoms with Gasteiger partial charge in [-0.15, -0.1) is 0 Å². The molecule has 4 aromatic rings. The number of hydrogen-bond acceptors (Lipinski definition) is 6. The lowest BCUT2D eigenvalue weighted by Crippen LogP contribution is -2.22. The molecule has 160 valence electrons. The summed E-state index contributed by atoms with van der Waals surface area (Å²) >= 11 is 1.26. The molecule has 4 rings (SSSR count). The van der Waals surface area contributed by atoms with Crippen LogP contribution >= 0.6 is 11.3 Å². The normalized spacial score (nSPS) is 11.3. The Kier molecular flexibility index (Phi) is 5.55. The van der Waals surface area contributed by atoms with Crippen molar-refractivity contribution in [1.82, 2.24) is 14.1 Å². The highest BCUT2D eigenvalue weighted by molar-refractivity contribution is 7.20. The lowest BCUT2D eigenvalue weighted by Gasteiger charge is -2.12. The van der Waals surface area contributed by atoms with Gasteiger partial charge in [0.15, 0.2) is 5.65 Å². The number of thiazole rings is 1. The number of aryl methyl sites for hydroxylation is 1. The maximum absolute atomic E-state index is 13.5. The first-order valence-electron chi connectivity index (χ1n) is 9.29. The van der Waals surface area contributed by atoms with Crippen LogP contribution in [-0.4, -0.2) is 27.3 Å². The fourth-order valence-corrected chi connectivity index (χ4v) is 4.05. The number of fused-ring (bicyclic) bond motifs is 1. The Bertz CT molecular complexity index is 1380. The van der Waals surface area contributed by atoms with Gasteiger partial charge in [-0.3, -0.25) is 14.2 Å². The van der Waals surface area contributed by atoms with Gasteiger partial charge in [0.05, 0.1) is 22.6 Å². The van der Waals surface area contributed by atoms with Gasteiger partial charge in [0.25, 0.3) is 10.8 Å². The number of pyridine rings is 2. The maximum atomic E-state index is 13.5. The summed E-state index contributed by atoms with van der Waals surface area (Å²) in [6.07, 6.45) is 1.57. The Morgan fingerprint density at radius 3 is 2.68 bits per heavy atom. The van der Waals surface area contributed by atoms with Crippen LogP contribution in [0.1, 0.15) is 6.92 Å². The van der Waals surface area contributed by atoms with Crippen molar-refractivity contribution >= 4 is 21.7 Å². The Morgan fingerprint density at radius 1 is 1.16 bits per heavy atom. The smallest absolute Gasteiger partial charge is 0.387 e. The van der Waals surface area contributed by atoms with Crippen molar-refractivity contribution < 1.29 is 18.3 Å². The van der Waals surface area contributed by atoms with Gasteiger partial charge < -0.3 is 14.0 Å². The molecule has 3 heterocycles. The van der Waals surface area contributed by atoms with Crippen LogP contribution in [0.15, 0.2) is 58.3 Å². The lowest BCUT2D eigenvalue weighted by atomic mass is 10.1. The second-order valence-corrected chi connectivity index (χ2v) is 7.54. The zero-order chi connectivity index (χ0) is 22.1. The highest BCUT2D eigenvalue weighted by Gasteiger charge is 2.18. The molecule has 0 spiro atoms. The molecule has 0 atom stereocenters. The van der Waals surface area contributed by atoms with Crippen molar-refractivity contribution in [2.24, 2.45) is 7.05 Å². The minimum absolute atomic E-state index is 0.0830. The number of halogens is 2. The van der Waals surface area contributed by atoms with Crippen LogP contribution in [0.2, 0.25) is 0 Å². The molecule has 7 nitrogen and oxygen atoms in total. The van der Waals surface area contributed by atoms with E-state index in [0.29, 0.717) is 39.0 Å². The van der Waals surface area contributed by atoms with Gasteiger partial charge in [-0.1, -0.05) is 17.4 Å². The van der Waals surface area contributed by atoms with Crippen molar-refractivity contribution in [1.29, 1.82) is 0 Å². The molecule has 0 N–H and O–H groups in total. The molecule has 10 heteroatoms. The van der Waals surface area contributed by atoms with Gasteiger partial charge in [-0.05, 0) is 31.2 Å². The van der Waals surface area contributed by atoms with E-state index in [0.717, 1.165) is 0 Å². The molecule has 0 aliphatic rings. The van der Waals surface area contributed by atoms with Crippen molar-refractivity contribution in [3.05, 3.63) is 69.4 Å². The summed E-state index contributed by atoms with van der Waals surface area (Å²) in [6.45, 7) is -0.775. The van der Waals surface area contributed by atoms with E-state index in [-0.39, 0.29) is 11.3 Å². The number of aromatic nitrogens is 3. The van der Waals surface area contributed by atoms with Crippen LogP contribution in [0.25, 0.3) is 27.2 Å². The number of ether oxygens (including phenoxy) is 2. The summed E-state index contributed by atoms with van der Waals surface area (Å²) in [5, 5.41) is 0.378. The molecule has 0 bridgehead atoms.